The van der Waals surface area contributed by atoms with Crippen LogP contribution in [0.15, 0.2) is 68.8 Å². The minimum atomic E-state index is -5.13. The summed E-state index contributed by atoms with van der Waals surface area (Å²) in [6.45, 7) is 7.34. The number of piperazine rings is 1. The van der Waals surface area contributed by atoms with Gasteiger partial charge in [0.2, 0.25) is 21.3 Å². The fourth-order valence-electron chi connectivity index (χ4n) is 10.8. The number of sulfonamides is 1. The fraction of sp³-hybridized carbons (Fsp3) is 0.379. The van der Waals surface area contributed by atoms with Crippen molar-refractivity contribution in [3.63, 3.8) is 0 Å². The number of hydrogen-bond donors (Lipinski definition) is 1. The zero-order valence-corrected chi connectivity index (χ0v) is 68.1. The van der Waals surface area contributed by atoms with Crippen LogP contribution in [-0.4, -0.2) is 160 Å². The molecule has 0 saturated carbocycles. The first-order valence-corrected chi connectivity index (χ1v) is 39.9. The number of amides is 1. The number of carbonyl (C=O) groups is 4. The average Bonchev–Trinajstić information content (AvgIpc) is 0.735. The van der Waals surface area contributed by atoms with Crippen molar-refractivity contribution in [3.05, 3.63) is 135 Å². The number of nitrogens with zero attached hydrogens (tertiary/aromatic N) is 4. The molecule has 1 fully saturated rings. The molecular weight excluding hydrogens is 1720 g/mol. The molecule has 0 aromatic heterocycles. The van der Waals surface area contributed by atoms with Crippen LogP contribution in [0.1, 0.15) is 53.4 Å². The SMILES string of the molecule is CCN(CC)c1ccc2c(-c3ccc(S(=O)(=O)N4CCN(C(=O)CCOCC(COCCC(=O)Oc5c(Cl)c(Cl)c(Cl)c(Cl)c5Cl)(COCCC(=O)Oc5c(Cl)c(Cl)c(Cl)c(Cl)c5Cl)COCCC(=O)Oc5c(Cl)c(Cl)c(Cl)c(Cl)c5Cl)CC4)cc3S(=O)(=O)O)c3ccc(=[N+](CC)CC)cc-3oc2c1. The van der Waals surface area contributed by atoms with Crippen molar-refractivity contribution in [2.45, 2.75) is 63.2 Å². The summed E-state index contributed by atoms with van der Waals surface area (Å²) in [5.74, 6) is -3.93. The zero-order valence-electron chi connectivity index (χ0n) is 55.1. The van der Waals surface area contributed by atoms with Crippen LogP contribution in [0.3, 0.4) is 0 Å². The predicted molar refractivity (Wildman–Crippen MR) is 409 cm³/mol. The number of hydrogen-bond acceptors (Lipinski definition) is 17. The highest BCUT2D eigenvalue weighted by Gasteiger charge is 2.37. The van der Waals surface area contributed by atoms with E-state index < -0.39 is 78.4 Å². The van der Waals surface area contributed by atoms with Gasteiger partial charge in [0.15, 0.2) is 17.2 Å². The first kappa shape index (κ1) is 86.1. The Kier molecular flexibility index (Phi) is 31.4. The van der Waals surface area contributed by atoms with Crippen LogP contribution in [-0.2, 0) is 58.3 Å². The maximum absolute atomic E-state index is 14.5. The Morgan fingerprint density at radius 1 is 0.500 bits per heavy atom. The van der Waals surface area contributed by atoms with E-state index in [-0.39, 0.29) is 184 Å². The van der Waals surface area contributed by atoms with E-state index in [9.17, 15) is 40.6 Å². The van der Waals surface area contributed by atoms with E-state index >= 15 is 0 Å². The predicted octanol–water partition coefficient (Wildman–Crippen LogP) is 18.2. The quantitative estimate of drug-likeness (QED) is 0.00601. The maximum Gasteiger partial charge on any atom is 0.313 e. The van der Waals surface area contributed by atoms with Crippen LogP contribution < -0.4 is 29.0 Å². The number of halogens is 15. The molecule has 2 aliphatic heterocycles. The first-order chi connectivity index (χ1) is 49.1. The molecule has 8 rings (SSSR count). The van der Waals surface area contributed by atoms with E-state index in [4.69, 9.17) is 212 Å². The number of rotatable bonds is 32. The molecular formula is C66H62Cl15N4O17S2+. The number of esters is 3. The van der Waals surface area contributed by atoms with Gasteiger partial charge < -0.3 is 47.4 Å². The molecule has 1 N–H and O–H groups in total. The highest BCUT2D eigenvalue weighted by Crippen LogP contribution is 2.52. The molecule has 1 saturated heterocycles. The second-order valence-corrected chi connectivity index (χ2v) is 31.9. The second kappa shape index (κ2) is 37.9. The summed E-state index contributed by atoms with van der Waals surface area (Å²) in [6.07, 6.45) is -1.62. The van der Waals surface area contributed by atoms with Gasteiger partial charge in [-0.2, -0.15) is 12.7 Å². The molecule has 1 aliphatic carbocycles. The first-order valence-electron chi connectivity index (χ1n) is 31.4. The lowest BCUT2D eigenvalue weighted by Gasteiger charge is -2.34. The number of fused-ring (bicyclic) bond motifs is 2. The smallest absolute Gasteiger partial charge is 0.313 e. The van der Waals surface area contributed by atoms with Gasteiger partial charge >= 0.3 is 17.9 Å². The van der Waals surface area contributed by atoms with Crippen molar-refractivity contribution < 1.29 is 78.1 Å². The molecule has 0 spiro atoms. The molecule has 3 aliphatic rings. The van der Waals surface area contributed by atoms with Gasteiger partial charge in [-0.1, -0.05) is 180 Å². The van der Waals surface area contributed by atoms with Gasteiger partial charge in [0.1, 0.15) is 59.5 Å². The van der Waals surface area contributed by atoms with Crippen molar-refractivity contribution in [1.82, 2.24) is 13.8 Å². The summed E-state index contributed by atoms with van der Waals surface area (Å²) in [7, 11) is -9.61. The molecule has 0 atom stereocenters. The summed E-state index contributed by atoms with van der Waals surface area (Å²) in [4.78, 5) is 56.2. The number of ether oxygens (including phenoxy) is 7. The van der Waals surface area contributed by atoms with Gasteiger partial charge in [-0.05, 0) is 58.0 Å². The third-order valence-corrected chi connectivity index (χ3v) is 25.8. The van der Waals surface area contributed by atoms with Crippen LogP contribution in [0.2, 0.25) is 75.3 Å². The second-order valence-electron chi connectivity index (χ2n) is 22.9. The third-order valence-electron chi connectivity index (χ3n) is 16.3. The van der Waals surface area contributed by atoms with E-state index in [2.05, 4.69) is 9.48 Å². The average molecular weight is 1780 g/mol. The van der Waals surface area contributed by atoms with Gasteiger partial charge in [-0.15, -0.1) is 0 Å². The Balaban J connectivity index is 0.995. The van der Waals surface area contributed by atoms with E-state index in [0.29, 0.717) is 54.0 Å². The fourth-order valence-corrected chi connectivity index (χ4v) is 16.7. The minimum Gasteiger partial charge on any atom is -0.456 e. The molecule has 21 nitrogen and oxygen atoms in total. The number of anilines is 1. The van der Waals surface area contributed by atoms with Crippen LogP contribution in [0.4, 0.5) is 5.69 Å². The van der Waals surface area contributed by atoms with Crippen molar-refractivity contribution in [2.75, 3.05) is 110 Å². The summed E-state index contributed by atoms with van der Waals surface area (Å²) in [5, 5.41) is -2.44. The molecule has 0 unspecified atom stereocenters. The third kappa shape index (κ3) is 20.2. The van der Waals surface area contributed by atoms with Gasteiger partial charge in [0.25, 0.3) is 10.1 Å². The summed E-state index contributed by atoms with van der Waals surface area (Å²) in [5.41, 5.74) is 0.744. The van der Waals surface area contributed by atoms with Crippen molar-refractivity contribution in [2.24, 2.45) is 5.41 Å². The largest absolute Gasteiger partial charge is 0.456 e. The lowest BCUT2D eigenvalue weighted by molar-refractivity contribution is -0.139. The van der Waals surface area contributed by atoms with Gasteiger partial charge in [-0.25, -0.2) is 13.0 Å². The Hall–Kier alpha value is -3.52. The highest BCUT2D eigenvalue weighted by atomic mass is 35.5. The van der Waals surface area contributed by atoms with E-state index in [1.54, 1.807) is 12.1 Å². The number of benzene rings is 6. The Morgan fingerprint density at radius 3 is 1.29 bits per heavy atom. The molecule has 38 heteroatoms. The standard InChI is InChI=1S/C66H61Cl15N4O17S2/c1-5-82(6-2)34-9-12-37-40(27-34)99-41-28-35(83(7-3)8-4)10-13-38(41)47(37)39-14-11-36(29-42(39)104(92,93)94)103(90,91)85-21-19-84(20-22-85)43(86)15-23-95-30-66(31-96-24-16-44(87)100-63-57(76)51(70)48(67)52(71)58(63)77,32-97-25-17-45(88)101-64-59(78)53(72)49(68)54(73)60(64)79)33-98-26-18-46(89)102-65-61(80)55(74)50(69)56(75)62(65)81/h9-14,27-29H,5-8,15-26,30-33H2,1-4H3/p+1. The summed E-state index contributed by atoms with van der Waals surface area (Å²) in [6, 6.07) is 14.7. The molecule has 1 amide bonds. The molecule has 0 radical (unpaired) electrons. The molecule has 564 valence electrons. The van der Waals surface area contributed by atoms with Crippen LogP contribution >= 0.6 is 174 Å². The minimum absolute atomic E-state index is 0.0271. The molecule has 0 bridgehead atoms. The molecule has 5 aromatic carbocycles. The molecule has 5 aromatic rings. The topological polar surface area (TPSA) is 247 Å². The van der Waals surface area contributed by atoms with Gasteiger partial charge in [0.05, 0.1) is 140 Å². The molecule has 104 heavy (non-hydrogen) atoms. The summed E-state index contributed by atoms with van der Waals surface area (Å²) < 4.78 is 117. The number of carbonyl (C=O) groups excluding carboxylic acids is 4. The van der Waals surface area contributed by atoms with Crippen LogP contribution in [0.5, 0.6) is 17.2 Å². The highest BCUT2D eigenvalue weighted by molar-refractivity contribution is 7.89. The molecule has 2 heterocycles. The Bertz CT molecular complexity index is 4400. The van der Waals surface area contributed by atoms with Gasteiger partial charge in [-0.3, -0.25) is 23.7 Å². The van der Waals surface area contributed by atoms with Crippen molar-refractivity contribution in [3.8, 4) is 39.7 Å². The van der Waals surface area contributed by atoms with Crippen LogP contribution in [0, 0.1) is 5.41 Å². The lowest BCUT2D eigenvalue weighted by Crippen LogP contribution is -2.50. The van der Waals surface area contributed by atoms with Gasteiger partial charge in [0, 0.05) is 79.2 Å². The summed E-state index contributed by atoms with van der Waals surface area (Å²) >= 11 is 93.3. The maximum atomic E-state index is 14.5. The zero-order chi connectivity index (χ0) is 76.4. The lowest BCUT2D eigenvalue weighted by atomic mass is 9.92. The Labute approximate surface area is 674 Å². The van der Waals surface area contributed by atoms with E-state index in [1.807, 2.05) is 52.0 Å². The van der Waals surface area contributed by atoms with E-state index in [1.165, 1.54) is 17.0 Å². The van der Waals surface area contributed by atoms with Crippen molar-refractivity contribution >= 4 is 235 Å². The van der Waals surface area contributed by atoms with Crippen LogP contribution in [0.25, 0.3) is 33.4 Å². The monoisotopic (exact) mass is 1770 g/mol. The normalized spacial score (nSPS) is 13.1. The Morgan fingerprint density at radius 2 is 0.894 bits per heavy atom. The van der Waals surface area contributed by atoms with E-state index in [0.717, 1.165) is 21.4 Å². The van der Waals surface area contributed by atoms with Crippen molar-refractivity contribution in [1.29, 1.82) is 0 Å².